The summed E-state index contributed by atoms with van der Waals surface area (Å²) in [6.07, 6.45) is 2.10. The number of amides is 2. The van der Waals surface area contributed by atoms with Crippen LogP contribution in [-0.4, -0.2) is 42.9 Å². The molecule has 6 nitrogen and oxygen atoms in total. The zero-order valence-electron chi connectivity index (χ0n) is 12.6. The van der Waals surface area contributed by atoms with Crippen molar-refractivity contribution < 1.29 is 9.59 Å². The molecule has 0 saturated carbocycles. The van der Waals surface area contributed by atoms with E-state index < -0.39 is 0 Å². The van der Waals surface area contributed by atoms with Gasteiger partial charge in [-0.1, -0.05) is 12.1 Å². The van der Waals surface area contributed by atoms with Crippen molar-refractivity contribution in [1.82, 2.24) is 10.2 Å². The van der Waals surface area contributed by atoms with Gasteiger partial charge in [-0.2, -0.15) is 5.26 Å². The molecule has 2 N–H and O–H groups in total. The molecule has 6 heteroatoms. The van der Waals surface area contributed by atoms with Crippen molar-refractivity contribution in [1.29, 1.82) is 5.26 Å². The number of nitrogens with one attached hydrogen (secondary N) is 2. The average Bonchev–Trinajstić information content (AvgIpc) is 3.01. The van der Waals surface area contributed by atoms with Crippen LogP contribution >= 0.6 is 0 Å². The zero-order chi connectivity index (χ0) is 15.9. The molecule has 22 heavy (non-hydrogen) atoms. The quantitative estimate of drug-likeness (QED) is 0.852. The van der Waals surface area contributed by atoms with Crippen molar-refractivity contribution in [2.75, 3.05) is 25.5 Å². The Bertz CT molecular complexity index is 594. The number of para-hydroxylation sites is 1. The number of nitriles is 1. The van der Waals surface area contributed by atoms with E-state index in [0.717, 1.165) is 19.4 Å². The van der Waals surface area contributed by atoms with E-state index in [9.17, 15) is 9.59 Å². The molecule has 1 atom stereocenters. The molecule has 1 aromatic carbocycles. The molecular weight excluding hydrogens is 280 g/mol. The Morgan fingerprint density at radius 2 is 2.18 bits per heavy atom. The smallest absolute Gasteiger partial charge is 0.237 e. The van der Waals surface area contributed by atoms with Crippen LogP contribution in [0.5, 0.6) is 0 Å². The number of rotatable bonds is 5. The highest BCUT2D eigenvalue weighted by molar-refractivity contribution is 5.92. The van der Waals surface area contributed by atoms with Crippen molar-refractivity contribution in [2.24, 2.45) is 0 Å². The fourth-order valence-corrected chi connectivity index (χ4v) is 2.70. The summed E-state index contributed by atoms with van der Waals surface area (Å²) in [5.41, 5.74) is 0.972. The number of carbonyl (C=O) groups excluding carboxylic acids is 2. The summed E-state index contributed by atoms with van der Waals surface area (Å²) in [6, 6.07) is 8.82. The van der Waals surface area contributed by atoms with Crippen molar-refractivity contribution in [2.45, 2.75) is 25.3 Å². The fraction of sp³-hybridized carbons (Fsp3) is 0.438. The Hall–Kier alpha value is -2.39. The lowest BCUT2D eigenvalue weighted by atomic mass is 10.2. The molecule has 0 radical (unpaired) electrons. The predicted molar refractivity (Wildman–Crippen MR) is 83.1 cm³/mol. The summed E-state index contributed by atoms with van der Waals surface area (Å²) in [5, 5.41) is 14.4. The SMILES string of the molecule is CNC(=O)C1CCCN1CCC(=O)Nc1ccccc1C#N. The monoisotopic (exact) mass is 300 g/mol. The van der Waals surface area contributed by atoms with Crippen molar-refractivity contribution in [3.63, 3.8) is 0 Å². The standard InChI is InChI=1S/C16H20N4O2/c1-18-16(22)14-7-4-9-20(14)10-8-15(21)19-13-6-3-2-5-12(13)11-17/h2-3,5-6,14H,4,7-10H2,1H3,(H,18,22)(H,19,21). The van der Waals surface area contributed by atoms with Crippen LogP contribution in [0.25, 0.3) is 0 Å². The Morgan fingerprint density at radius 1 is 1.41 bits per heavy atom. The molecule has 2 rings (SSSR count). The van der Waals surface area contributed by atoms with Gasteiger partial charge >= 0.3 is 0 Å². The van der Waals surface area contributed by atoms with Gasteiger partial charge in [0.05, 0.1) is 17.3 Å². The summed E-state index contributed by atoms with van der Waals surface area (Å²) in [4.78, 5) is 25.8. The number of anilines is 1. The average molecular weight is 300 g/mol. The van der Waals surface area contributed by atoms with Gasteiger partial charge in [-0.05, 0) is 31.5 Å². The van der Waals surface area contributed by atoms with E-state index in [1.165, 1.54) is 0 Å². The summed E-state index contributed by atoms with van der Waals surface area (Å²) in [5.74, 6) is -0.141. The number of nitrogens with zero attached hydrogens (tertiary/aromatic N) is 2. The molecule has 1 unspecified atom stereocenters. The summed E-state index contributed by atoms with van der Waals surface area (Å²) >= 11 is 0. The summed E-state index contributed by atoms with van der Waals surface area (Å²) in [6.45, 7) is 1.37. The van der Waals surface area contributed by atoms with Crippen molar-refractivity contribution >= 4 is 17.5 Å². The maximum atomic E-state index is 12.0. The maximum absolute atomic E-state index is 12.0. The van der Waals surface area contributed by atoms with Gasteiger partial charge in [0.2, 0.25) is 11.8 Å². The second-order valence-corrected chi connectivity index (χ2v) is 5.26. The lowest BCUT2D eigenvalue weighted by molar-refractivity contribution is -0.125. The van der Waals surface area contributed by atoms with E-state index in [1.54, 1.807) is 31.3 Å². The van der Waals surface area contributed by atoms with Crippen LogP contribution in [0.4, 0.5) is 5.69 Å². The Labute approximate surface area is 130 Å². The third-order valence-corrected chi connectivity index (χ3v) is 3.86. The van der Waals surface area contributed by atoms with Crippen LogP contribution in [0.1, 0.15) is 24.8 Å². The number of carbonyl (C=O) groups is 2. The highest BCUT2D eigenvalue weighted by Crippen LogP contribution is 2.18. The third kappa shape index (κ3) is 3.83. The van der Waals surface area contributed by atoms with E-state index in [4.69, 9.17) is 5.26 Å². The molecule has 2 amide bonds. The molecule has 1 aliphatic heterocycles. The van der Waals surface area contributed by atoms with Crippen molar-refractivity contribution in [3.05, 3.63) is 29.8 Å². The molecule has 1 fully saturated rings. The van der Waals surface area contributed by atoms with Gasteiger partial charge in [-0.25, -0.2) is 0 Å². The van der Waals surface area contributed by atoms with Gasteiger partial charge in [0, 0.05) is 20.0 Å². The number of likely N-dealkylation sites (tertiary alicyclic amines) is 1. The summed E-state index contributed by atoms with van der Waals surface area (Å²) < 4.78 is 0. The molecule has 116 valence electrons. The van der Waals surface area contributed by atoms with E-state index in [2.05, 4.69) is 10.6 Å². The van der Waals surface area contributed by atoms with Crippen LogP contribution in [0.2, 0.25) is 0 Å². The second-order valence-electron chi connectivity index (χ2n) is 5.26. The molecule has 1 saturated heterocycles. The normalized spacial score (nSPS) is 17.7. The molecular formula is C16H20N4O2. The van der Waals surface area contributed by atoms with Gasteiger partial charge in [-0.3, -0.25) is 14.5 Å². The van der Waals surface area contributed by atoms with Gasteiger partial charge in [0.1, 0.15) is 6.07 Å². The summed E-state index contributed by atoms with van der Waals surface area (Å²) in [7, 11) is 1.63. The predicted octanol–water partition coefficient (Wildman–Crippen LogP) is 1.10. The topological polar surface area (TPSA) is 85.2 Å². The first kappa shape index (κ1) is 16.0. The van der Waals surface area contributed by atoms with Crippen LogP contribution < -0.4 is 10.6 Å². The van der Waals surface area contributed by atoms with Crippen LogP contribution in [0, 0.1) is 11.3 Å². The Balaban J connectivity index is 1.88. The lowest BCUT2D eigenvalue weighted by Crippen LogP contribution is -2.42. The minimum absolute atomic E-state index is 0.00716. The third-order valence-electron chi connectivity index (χ3n) is 3.86. The Morgan fingerprint density at radius 3 is 2.91 bits per heavy atom. The van der Waals surface area contributed by atoms with Crippen LogP contribution in [0.3, 0.4) is 0 Å². The highest BCUT2D eigenvalue weighted by atomic mass is 16.2. The molecule has 1 aromatic rings. The van der Waals surface area contributed by atoms with Gasteiger partial charge < -0.3 is 10.6 Å². The largest absolute Gasteiger partial charge is 0.358 e. The maximum Gasteiger partial charge on any atom is 0.237 e. The first-order chi connectivity index (χ1) is 10.7. The van der Waals surface area contributed by atoms with E-state index in [1.807, 2.05) is 11.0 Å². The van der Waals surface area contributed by atoms with Crippen molar-refractivity contribution in [3.8, 4) is 6.07 Å². The minimum atomic E-state index is -0.148. The second kappa shape index (κ2) is 7.57. The highest BCUT2D eigenvalue weighted by Gasteiger charge is 2.29. The van der Waals surface area contributed by atoms with Crippen LogP contribution in [0.15, 0.2) is 24.3 Å². The number of likely N-dealkylation sites (N-methyl/N-ethyl adjacent to an activating group) is 1. The van der Waals surface area contributed by atoms with Crippen LogP contribution in [-0.2, 0) is 9.59 Å². The first-order valence-corrected chi connectivity index (χ1v) is 7.40. The molecule has 1 heterocycles. The van der Waals surface area contributed by atoms with E-state index in [0.29, 0.717) is 24.2 Å². The number of hydrogen-bond acceptors (Lipinski definition) is 4. The number of benzene rings is 1. The molecule has 0 spiro atoms. The van der Waals surface area contributed by atoms with E-state index in [-0.39, 0.29) is 17.9 Å². The number of hydrogen-bond donors (Lipinski definition) is 2. The minimum Gasteiger partial charge on any atom is -0.358 e. The van der Waals surface area contributed by atoms with Gasteiger partial charge in [0.25, 0.3) is 0 Å². The van der Waals surface area contributed by atoms with Gasteiger partial charge in [-0.15, -0.1) is 0 Å². The lowest BCUT2D eigenvalue weighted by Gasteiger charge is -2.22. The van der Waals surface area contributed by atoms with E-state index >= 15 is 0 Å². The molecule has 0 bridgehead atoms. The van der Waals surface area contributed by atoms with Gasteiger partial charge in [0.15, 0.2) is 0 Å². The molecule has 0 aromatic heterocycles. The first-order valence-electron chi connectivity index (χ1n) is 7.40. The fourth-order valence-electron chi connectivity index (χ4n) is 2.70. The Kier molecular flexibility index (Phi) is 5.50. The molecule has 0 aliphatic carbocycles. The zero-order valence-corrected chi connectivity index (χ0v) is 12.6. The molecule has 1 aliphatic rings.